The molecule has 1 unspecified atom stereocenters. The topological polar surface area (TPSA) is 90.9 Å². The van der Waals surface area contributed by atoms with E-state index in [1.807, 2.05) is 54.6 Å². The number of carbonyl (C=O) groups excluding carboxylic acids is 3. The van der Waals surface area contributed by atoms with E-state index in [9.17, 15) is 14.4 Å². The van der Waals surface area contributed by atoms with Crippen LogP contribution in [0.4, 0.5) is 5.69 Å². The van der Waals surface area contributed by atoms with Gasteiger partial charge in [-0.3, -0.25) is 14.4 Å². The molecule has 2 aliphatic carbocycles. The zero-order valence-electron chi connectivity index (χ0n) is 22.2. The minimum atomic E-state index is -1.09. The number of likely N-dealkylation sites (N-methyl/N-ethyl adjacent to an activating group) is 1. The Balaban J connectivity index is 1.40. The zero-order valence-corrected chi connectivity index (χ0v) is 22.2. The molecule has 7 heteroatoms. The summed E-state index contributed by atoms with van der Waals surface area (Å²) in [6.07, 6.45) is 9.00. The summed E-state index contributed by atoms with van der Waals surface area (Å²) in [6.45, 7) is 0. The number of aliphatic imine (C=N–C) groups is 1. The van der Waals surface area contributed by atoms with Crippen LogP contribution in [-0.4, -0.2) is 42.2 Å². The van der Waals surface area contributed by atoms with E-state index < -0.39 is 11.7 Å². The van der Waals surface area contributed by atoms with Crippen molar-refractivity contribution >= 4 is 29.1 Å². The standard InChI is InChI=1S/C31H38N4O3/c1-35-25-17-9-8-16-24(25)27(23-14-4-2-5-15-23)32-28(29(35)37)33-30(38)31(20-10-3-11-21-31)34-26(36)19-18-22-12-6-7-13-22/h2,4-5,8-9,14-17,22,28H,3,6-7,10-13,18-21H2,1H3,(H,33,38)(H,34,36). The van der Waals surface area contributed by atoms with E-state index in [1.54, 1.807) is 11.9 Å². The second kappa shape index (κ2) is 11.5. The van der Waals surface area contributed by atoms with Gasteiger partial charge in [0.25, 0.3) is 5.91 Å². The van der Waals surface area contributed by atoms with Gasteiger partial charge in [0.15, 0.2) is 0 Å². The molecule has 1 aliphatic heterocycles. The molecule has 0 aromatic heterocycles. The second-order valence-corrected chi connectivity index (χ2v) is 11.0. The first-order valence-electron chi connectivity index (χ1n) is 14.1. The van der Waals surface area contributed by atoms with Crippen LogP contribution >= 0.6 is 0 Å². The zero-order chi connectivity index (χ0) is 26.5. The van der Waals surface area contributed by atoms with Gasteiger partial charge >= 0.3 is 0 Å². The van der Waals surface area contributed by atoms with Gasteiger partial charge in [0, 0.05) is 24.6 Å². The minimum absolute atomic E-state index is 0.0702. The Morgan fingerprint density at radius 1 is 0.947 bits per heavy atom. The van der Waals surface area contributed by atoms with Crippen molar-refractivity contribution in [2.45, 2.75) is 82.3 Å². The molecule has 1 heterocycles. The SMILES string of the molecule is CN1C(=O)C(NC(=O)C2(NC(=O)CCC3CCCC3)CCCCC2)N=C(c2ccccc2)c2ccccc21. The first kappa shape index (κ1) is 26.1. The number of hydrogen-bond acceptors (Lipinski definition) is 4. The first-order chi connectivity index (χ1) is 18.5. The Bertz CT molecular complexity index is 1200. The first-order valence-corrected chi connectivity index (χ1v) is 14.1. The molecule has 1 atom stereocenters. The third-order valence-electron chi connectivity index (χ3n) is 8.43. The Morgan fingerprint density at radius 3 is 2.37 bits per heavy atom. The highest BCUT2D eigenvalue weighted by molar-refractivity contribution is 6.20. The molecule has 200 valence electrons. The van der Waals surface area contributed by atoms with Gasteiger partial charge in [-0.25, -0.2) is 4.99 Å². The highest BCUT2D eigenvalue weighted by Crippen LogP contribution is 2.32. The molecule has 2 fully saturated rings. The van der Waals surface area contributed by atoms with Crippen molar-refractivity contribution in [3.05, 3.63) is 65.7 Å². The van der Waals surface area contributed by atoms with E-state index >= 15 is 0 Å². The molecular formula is C31H38N4O3. The largest absolute Gasteiger partial charge is 0.342 e. The molecule has 0 saturated heterocycles. The summed E-state index contributed by atoms with van der Waals surface area (Å²) < 4.78 is 0. The fourth-order valence-corrected chi connectivity index (χ4v) is 6.23. The fraction of sp³-hybridized carbons (Fsp3) is 0.484. The highest BCUT2D eigenvalue weighted by Gasteiger charge is 2.43. The van der Waals surface area contributed by atoms with Gasteiger partial charge in [0.2, 0.25) is 18.0 Å². The summed E-state index contributed by atoms with van der Waals surface area (Å²) >= 11 is 0. The summed E-state index contributed by atoms with van der Waals surface area (Å²) in [7, 11) is 1.71. The number of benzodiazepines with no additional fused rings is 1. The number of rotatable bonds is 7. The van der Waals surface area contributed by atoms with E-state index in [2.05, 4.69) is 10.6 Å². The molecule has 2 N–H and O–H groups in total. The molecule has 0 radical (unpaired) electrons. The summed E-state index contributed by atoms with van der Waals surface area (Å²) in [4.78, 5) is 46.9. The number of anilines is 1. The van der Waals surface area contributed by atoms with Crippen molar-refractivity contribution in [2.24, 2.45) is 10.9 Å². The molecule has 2 aromatic carbocycles. The third kappa shape index (κ3) is 5.52. The van der Waals surface area contributed by atoms with Crippen LogP contribution in [0.1, 0.15) is 81.8 Å². The molecule has 38 heavy (non-hydrogen) atoms. The Morgan fingerprint density at radius 2 is 1.63 bits per heavy atom. The number of nitrogens with one attached hydrogen (secondary N) is 2. The van der Waals surface area contributed by atoms with Crippen molar-refractivity contribution in [2.75, 3.05) is 11.9 Å². The maximum absolute atomic E-state index is 13.9. The van der Waals surface area contributed by atoms with Gasteiger partial charge < -0.3 is 15.5 Å². The van der Waals surface area contributed by atoms with E-state index in [0.717, 1.165) is 42.5 Å². The lowest BCUT2D eigenvalue weighted by atomic mass is 9.80. The van der Waals surface area contributed by atoms with Gasteiger partial charge in [0.05, 0.1) is 11.4 Å². The number of benzene rings is 2. The number of amides is 3. The third-order valence-corrected chi connectivity index (χ3v) is 8.43. The molecular weight excluding hydrogens is 476 g/mol. The summed E-state index contributed by atoms with van der Waals surface area (Å²) in [6, 6.07) is 17.4. The highest BCUT2D eigenvalue weighted by atomic mass is 16.2. The molecule has 7 nitrogen and oxygen atoms in total. The van der Waals surface area contributed by atoms with Gasteiger partial charge in [-0.2, -0.15) is 0 Å². The minimum Gasteiger partial charge on any atom is -0.342 e. The predicted molar refractivity (Wildman–Crippen MR) is 149 cm³/mol. The lowest BCUT2D eigenvalue weighted by Gasteiger charge is -2.37. The van der Waals surface area contributed by atoms with E-state index in [-0.39, 0.29) is 17.7 Å². The average Bonchev–Trinajstić information content (AvgIpc) is 3.45. The van der Waals surface area contributed by atoms with E-state index in [1.165, 1.54) is 25.7 Å². The van der Waals surface area contributed by atoms with Crippen molar-refractivity contribution in [1.29, 1.82) is 0 Å². The number of para-hydroxylation sites is 1. The van der Waals surface area contributed by atoms with Gasteiger partial charge in [-0.1, -0.05) is 93.5 Å². The molecule has 2 aromatic rings. The van der Waals surface area contributed by atoms with Gasteiger partial charge in [0.1, 0.15) is 5.54 Å². The lowest BCUT2D eigenvalue weighted by Crippen LogP contribution is -2.62. The average molecular weight is 515 g/mol. The number of hydrogen-bond donors (Lipinski definition) is 2. The lowest BCUT2D eigenvalue weighted by molar-refractivity contribution is -0.137. The van der Waals surface area contributed by atoms with Crippen LogP contribution < -0.4 is 15.5 Å². The van der Waals surface area contributed by atoms with E-state index in [4.69, 9.17) is 4.99 Å². The molecule has 5 rings (SSSR count). The molecule has 3 aliphatic rings. The maximum Gasteiger partial charge on any atom is 0.272 e. The van der Waals surface area contributed by atoms with Crippen molar-refractivity contribution in [3.8, 4) is 0 Å². The predicted octanol–water partition coefficient (Wildman–Crippen LogP) is 4.73. The quantitative estimate of drug-likeness (QED) is 0.560. The normalized spacial score (nSPS) is 21.3. The van der Waals surface area contributed by atoms with Crippen LogP contribution in [0.3, 0.4) is 0 Å². The monoisotopic (exact) mass is 514 g/mol. The van der Waals surface area contributed by atoms with Gasteiger partial charge in [-0.15, -0.1) is 0 Å². The molecule has 0 spiro atoms. The fourth-order valence-electron chi connectivity index (χ4n) is 6.23. The smallest absolute Gasteiger partial charge is 0.272 e. The number of fused-ring (bicyclic) bond motifs is 1. The summed E-state index contributed by atoms with van der Waals surface area (Å²) in [5, 5.41) is 6.08. The Hall–Kier alpha value is -3.48. The number of carbonyl (C=O) groups is 3. The van der Waals surface area contributed by atoms with Crippen LogP contribution in [0.25, 0.3) is 0 Å². The summed E-state index contributed by atoms with van der Waals surface area (Å²) in [5.74, 6) is -0.0851. The van der Waals surface area contributed by atoms with E-state index in [0.29, 0.717) is 30.9 Å². The molecule has 3 amide bonds. The van der Waals surface area contributed by atoms with Crippen LogP contribution in [0.2, 0.25) is 0 Å². The number of nitrogens with zero attached hydrogens (tertiary/aromatic N) is 2. The molecule has 0 bridgehead atoms. The van der Waals surface area contributed by atoms with Gasteiger partial charge in [-0.05, 0) is 31.2 Å². The van der Waals surface area contributed by atoms with Crippen molar-refractivity contribution < 1.29 is 14.4 Å². The molecule has 2 saturated carbocycles. The second-order valence-electron chi connectivity index (χ2n) is 11.0. The van der Waals surface area contributed by atoms with Crippen LogP contribution in [0.15, 0.2) is 59.6 Å². The van der Waals surface area contributed by atoms with Crippen molar-refractivity contribution in [3.63, 3.8) is 0 Å². The van der Waals surface area contributed by atoms with Crippen LogP contribution in [-0.2, 0) is 14.4 Å². The Labute approximate surface area is 225 Å². The Kier molecular flexibility index (Phi) is 7.91. The maximum atomic E-state index is 13.9. The van der Waals surface area contributed by atoms with Crippen LogP contribution in [0.5, 0.6) is 0 Å². The van der Waals surface area contributed by atoms with Crippen LogP contribution in [0, 0.1) is 5.92 Å². The summed E-state index contributed by atoms with van der Waals surface area (Å²) in [5.41, 5.74) is 2.09. The van der Waals surface area contributed by atoms with Crippen molar-refractivity contribution in [1.82, 2.24) is 10.6 Å².